The fourth-order valence-electron chi connectivity index (χ4n) is 2.95. The summed E-state index contributed by atoms with van der Waals surface area (Å²) in [6.07, 6.45) is 0. The third kappa shape index (κ3) is 3.72. The molecule has 3 rings (SSSR count). The Bertz CT molecular complexity index is 1060. The molecule has 0 bridgehead atoms. The molecular weight excluding hydrogens is 430 g/mol. The molecule has 3 amide bonds. The highest BCUT2D eigenvalue weighted by atomic mass is 35.5. The standard InChI is InChI=1S/C18H15Cl2FN2O4S/c1-18(14-7-4-12(21)10-15(14)20)16(24)23(17(25)22-18)8-9-28(26,27)13-5-2-11(19)3-6-13/h2-7,10H,8-9H2,1H3,(H,22,25). The second-order valence-corrected chi connectivity index (χ2v) is 9.36. The third-order valence-corrected chi connectivity index (χ3v) is 6.78. The second-order valence-electron chi connectivity index (χ2n) is 6.41. The van der Waals surface area contributed by atoms with E-state index in [9.17, 15) is 22.4 Å². The average molecular weight is 445 g/mol. The number of benzene rings is 2. The molecule has 1 heterocycles. The van der Waals surface area contributed by atoms with Crippen LogP contribution in [0.25, 0.3) is 0 Å². The molecule has 0 aliphatic carbocycles. The Labute approximate surface area is 171 Å². The smallest absolute Gasteiger partial charge is 0.319 e. The van der Waals surface area contributed by atoms with Gasteiger partial charge >= 0.3 is 6.03 Å². The van der Waals surface area contributed by atoms with Gasteiger partial charge in [-0.3, -0.25) is 9.69 Å². The van der Waals surface area contributed by atoms with Crippen molar-refractivity contribution in [2.75, 3.05) is 12.3 Å². The molecule has 1 fully saturated rings. The summed E-state index contributed by atoms with van der Waals surface area (Å²) < 4.78 is 38.2. The summed E-state index contributed by atoms with van der Waals surface area (Å²) >= 11 is 11.8. The summed E-state index contributed by atoms with van der Waals surface area (Å²) in [5.41, 5.74) is -1.30. The van der Waals surface area contributed by atoms with Crippen LogP contribution in [0.4, 0.5) is 9.18 Å². The van der Waals surface area contributed by atoms with Gasteiger partial charge in [-0.25, -0.2) is 17.6 Å². The number of halogens is 3. The summed E-state index contributed by atoms with van der Waals surface area (Å²) in [5.74, 6) is -1.71. The van der Waals surface area contributed by atoms with Gasteiger partial charge in [0.25, 0.3) is 5.91 Å². The molecule has 0 spiro atoms. The maximum Gasteiger partial charge on any atom is 0.325 e. The van der Waals surface area contributed by atoms with Gasteiger partial charge in [-0.2, -0.15) is 0 Å². The first-order chi connectivity index (χ1) is 13.0. The van der Waals surface area contributed by atoms with Gasteiger partial charge in [0.2, 0.25) is 0 Å². The minimum absolute atomic E-state index is 0.0215. The van der Waals surface area contributed by atoms with Crippen molar-refractivity contribution in [3.8, 4) is 0 Å². The van der Waals surface area contributed by atoms with Crippen molar-refractivity contribution in [3.05, 3.63) is 63.9 Å². The monoisotopic (exact) mass is 444 g/mol. The number of imide groups is 1. The van der Waals surface area contributed by atoms with Gasteiger partial charge in [0.1, 0.15) is 11.4 Å². The van der Waals surface area contributed by atoms with Crippen LogP contribution in [0.1, 0.15) is 12.5 Å². The molecule has 10 heteroatoms. The molecule has 1 saturated heterocycles. The van der Waals surface area contributed by atoms with Crippen LogP contribution in [0, 0.1) is 5.82 Å². The van der Waals surface area contributed by atoms with Crippen LogP contribution >= 0.6 is 23.2 Å². The van der Waals surface area contributed by atoms with E-state index in [2.05, 4.69) is 5.32 Å². The van der Waals surface area contributed by atoms with E-state index < -0.39 is 38.9 Å². The minimum atomic E-state index is -3.74. The zero-order chi connectivity index (χ0) is 20.7. The predicted octanol–water partition coefficient (Wildman–Crippen LogP) is 3.37. The molecule has 6 nitrogen and oxygen atoms in total. The number of rotatable bonds is 5. The molecule has 0 saturated carbocycles. The van der Waals surface area contributed by atoms with E-state index in [0.29, 0.717) is 5.02 Å². The van der Waals surface area contributed by atoms with Crippen molar-refractivity contribution in [2.24, 2.45) is 0 Å². The largest absolute Gasteiger partial charge is 0.325 e. The number of urea groups is 1. The van der Waals surface area contributed by atoms with Crippen LogP contribution < -0.4 is 5.32 Å². The quantitative estimate of drug-likeness (QED) is 0.716. The van der Waals surface area contributed by atoms with Crippen molar-refractivity contribution >= 4 is 45.0 Å². The maximum atomic E-state index is 13.3. The van der Waals surface area contributed by atoms with E-state index in [1.165, 1.54) is 37.3 Å². The number of hydrogen-bond acceptors (Lipinski definition) is 4. The Morgan fingerprint density at radius 1 is 1.11 bits per heavy atom. The molecule has 1 N–H and O–H groups in total. The highest BCUT2D eigenvalue weighted by Gasteiger charge is 2.50. The normalized spacial score (nSPS) is 19.8. The van der Waals surface area contributed by atoms with Gasteiger partial charge in [0.15, 0.2) is 9.84 Å². The van der Waals surface area contributed by atoms with E-state index in [1.807, 2.05) is 0 Å². The SMILES string of the molecule is CC1(c2ccc(F)cc2Cl)NC(=O)N(CCS(=O)(=O)c2ccc(Cl)cc2)C1=O. The second kappa shape index (κ2) is 7.35. The summed E-state index contributed by atoms with van der Waals surface area (Å²) in [6, 6.07) is 8.31. The first-order valence-electron chi connectivity index (χ1n) is 8.12. The fourth-order valence-corrected chi connectivity index (χ4v) is 4.64. The van der Waals surface area contributed by atoms with Crippen LogP contribution in [0.15, 0.2) is 47.4 Å². The van der Waals surface area contributed by atoms with E-state index in [0.717, 1.165) is 17.0 Å². The zero-order valence-electron chi connectivity index (χ0n) is 14.6. The topological polar surface area (TPSA) is 83.6 Å². The molecule has 2 aromatic carbocycles. The molecule has 148 valence electrons. The molecule has 1 atom stereocenters. The van der Waals surface area contributed by atoms with Crippen LogP contribution in [0.3, 0.4) is 0 Å². The average Bonchev–Trinajstić information content (AvgIpc) is 2.83. The minimum Gasteiger partial charge on any atom is -0.319 e. The van der Waals surface area contributed by atoms with Crippen LogP contribution in [0.2, 0.25) is 10.0 Å². The molecule has 1 aliphatic heterocycles. The summed E-state index contributed by atoms with van der Waals surface area (Å²) in [6.45, 7) is 1.09. The molecule has 2 aromatic rings. The Balaban J connectivity index is 1.81. The van der Waals surface area contributed by atoms with Crippen LogP contribution in [0.5, 0.6) is 0 Å². The highest BCUT2D eigenvalue weighted by Crippen LogP contribution is 2.34. The molecular formula is C18H15Cl2FN2O4S. The van der Waals surface area contributed by atoms with E-state index in [1.54, 1.807) is 0 Å². The van der Waals surface area contributed by atoms with Gasteiger partial charge in [0.05, 0.1) is 10.6 Å². The number of carbonyl (C=O) groups excluding carboxylic acids is 2. The van der Waals surface area contributed by atoms with E-state index >= 15 is 0 Å². The van der Waals surface area contributed by atoms with Gasteiger partial charge < -0.3 is 5.32 Å². The summed E-state index contributed by atoms with van der Waals surface area (Å²) in [5, 5.41) is 2.88. The molecule has 1 aliphatic rings. The van der Waals surface area contributed by atoms with Gasteiger partial charge in [-0.05, 0) is 43.3 Å². The van der Waals surface area contributed by atoms with Crippen LogP contribution in [-0.4, -0.2) is 37.6 Å². The first-order valence-corrected chi connectivity index (χ1v) is 10.5. The lowest BCUT2D eigenvalue weighted by Gasteiger charge is -2.23. The van der Waals surface area contributed by atoms with Crippen molar-refractivity contribution in [1.82, 2.24) is 10.2 Å². The lowest BCUT2D eigenvalue weighted by molar-refractivity contribution is -0.130. The van der Waals surface area contributed by atoms with Crippen LogP contribution in [-0.2, 0) is 20.2 Å². The number of carbonyl (C=O) groups is 2. The predicted molar refractivity (Wildman–Crippen MR) is 103 cm³/mol. The van der Waals surface area contributed by atoms with Crippen molar-refractivity contribution in [1.29, 1.82) is 0 Å². The van der Waals surface area contributed by atoms with E-state index in [-0.39, 0.29) is 22.0 Å². The number of amides is 3. The van der Waals surface area contributed by atoms with Crippen molar-refractivity contribution in [2.45, 2.75) is 17.4 Å². The lowest BCUT2D eigenvalue weighted by atomic mass is 9.92. The summed E-state index contributed by atoms with van der Waals surface area (Å²) in [7, 11) is -3.74. The van der Waals surface area contributed by atoms with Gasteiger partial charge in [-0.1, -0.05) is 29.3 Å². The number of nitrogens with one attached hydrogen (secondary N) is 1. The Hall–Kier alpha value is -2.16. The molecule has 0 aromatic heterocycles. The third-order valence-electron chi connectivity index (χ3n) is 4.50. The van der Waals surface area contributed by atoms with Crippen molar-refractivity contribution < 1.29 is 22.4 Å². The Morgan fingerprint density at radius 3 is 2.36 bits per heavy atom. The van der Waals surface area contributed by atoms with Gasteiger partial charge in [-0.15, -0.1) is 0 Å². The zero-order valence-corrected chi connectivity index (χ0v) is 16.9. The maximum absolute atomic E-state index is 13.3. The Morgan fingerprint density at radius 2 is 1.75 bits per heavy atom. The number of nitrogens with zero attached hydrogens (tertiary/aromatic N) is 1. The Kier molecular flexibility index (Phi) is 5.40. The lowest BCUT2D eigenvalue weighted by Crippen LogP contribution is -2.41. The summed E-state index contributed by atoms with van der Waals surface area (Å²) in [4.78, 5) is 26.0. The first kappa shape index (κ1) is 20.6. The van der Waals surface area contributed by atoms with Gasteiger partial charge in [0, 0.05) is 22.2 Å². The number of sulfone groups is 1. The molecule has 1 unspecified atom stereocenters. The highest BCUT2D eigenvalue weighted by molar-refractivity contribution is 7.91. The molecule has 28 heavy (non-hydrogen) atoms. The van der Waals surface area contributed by atoms with Crippen molar-refractivity contribution in [3.63, 3.8) is 0 Å². The molecule has 0 radical (unpaired) electrons. The number of hydrogen-bond donors (Lipinski definition) is 1. The van der Waals surface area contributed by atoms with E-state index in [4.69, 9.17) is 23.2 Å². The fraction of sp³-hybridized carbons (Fsp3) is 0.222.